The molecule has 6 heteroatoms. The van der Waals surface area contributed by atoms with Crippen LogP contribution < -0.4 is 0 Å². The zero-order chi connectivity index (χ0) is 32.6. The molecule has 0 radical (unpaired) electrons. The molecule has 45 heavy (non-hydrogen) atoms. The Morgan fingerprint density at radius 2 is 1.27 bits per heavy atom. The Labute approximate surface area is 279 Å². The highest BCUT2D eigenvalue weighted by Gasteiger charge is 2.84. The van der Waals surface area contributed by atoms with E-state index in [9.17, 15) is 10.2 Å². The van der Waals surface area contributed by atoms with E-state index in [4.69, 9.17) is 14.2 Å². The quantitative estimate of drug-likeness (QED) is 0.0317. The summed E-state index contributed by atoms with van der Waals surface area (Å²) in [5.74, 6) is 0.353. The maximum absolute atomic E-state index is 9.92. The van der Waals surface area contributed by atoms with Crippen LogP contribution in [0.15, 0.2) is 11.6 Å². The first kappa shape index (κ1) is 40.7. The number of aliphatic hydroxyl groups is 2. The molecule has 1 saturated carbocycles. The summed E-state index contributed by atoms with van der Waals surface area (Å²) in [5.41, 5.74) is 1.22. The van der Waals surface area contributed by atoms with E-state index in [2.05, 4.69) is 18.7 Å². The van der Waals surface area contributed by atoms with E-state index >= 15 is 0 Å². The maximum Gasteiger partial charge on any atom is 0.201 e. The predicted molar refractivity (Wildman–Crippen MR) is 188 cm³/mol. The van der Waals surface area contributed by atoms with E-state index in [1.165, 1.54) is 128 Å². The zero-order valence-corrected chi connectivity index (χ0v) is 30.3. The Balaban J connectivity index is 1.57. The Hall–Kier alpha value is -0.500. The number of epoxide rings is 1. The molecule has 6 nitrogen and oxygen atoms in total. The SMILES string of the molecule is CCCCCCCCC(CCCCCCCC)OC12OC1C2CCCN(CCO)CCCCCCCCC(O)OCC=C(C)C. The first-order chi connectivity index (χ1) is 22.0. The van der Waals surface area contributed by atoms with Crippen molar-refractivity contribution in [1.82, 2.24) is 4.90 Å². The summed E-state index contributed by atoms with van der Waals surface area (Å²) in [7, 11) is 0. The second kappa shape index (κ2) is 25.5. The van der Waals surface area contributed by atoms with Gasteiger partial charge in [0.25, 0.3) is 0 Å². The first-order valence-electron chi connectivity index (χ1n) is 19.6. The molecule has 4 atom stereocenters. The third-order valence-electron chi connectivity index (χ3n) is 9.90. The molecule has 1 heterocycles. The van der Waals surface area contributed by atoms with Crippen LogP contribution in [-0.2, 0) is 14.2 Å². The summed E-state index contributed by atoms with van der Waals surface area (Å²) < 4.78 is 18.2. The molecule has 0 amide bonds. The largest absolute Gasteiger partial charge is 0.395 e. The molecule has 0 aromatic rings. The van der Waals surface area contributed by atoms with Crippen LogP contribution in [0.5, 0.6) is 0 Å². The molecule has 1 saturated heterocycles. The number of fused-ring (bicyclic) bond motifs is 1. The van der Waals surface area contributed by atoms with Crippen molar-refractivity contribution in [3.05, 3.63) is 11.6 Å². The maximum atomic E-state index is 9.92. The summed E-state index contributed by atoms with van der Waals surface area (Å²) >= 11 is 0. The van der Waals surface area contributed by atoms with Gasteiger partial charge in [-0.3, -0.25) is 0 Å². The van der Waals surface area contributed by atoms with Crippen LogP contribution in [0.3, 0.4) is 0 Å². The lowest BCUT2D eigenvalue weighted by molar-refractivity contribution is -0.115. The molecule has 0 bridgehead atoms. The number of rotatable bonds is 34. The molecule has 2 fully saturated rings. The summed E-state index contributed by atoms with van der Waals surface area (Å²) in [4.78, 5) is 2.45. The van der Waals surface area contributed by atoms with Gasteiger partial charge in [-0.05, 0) is 71.9 Å². The van der Waals surface area contributed by atoms with Crippen LogP contribution in [0.25, 0.3) is 0 Å². The van der Waals surface area contributed by atoms with E-state index in [1.807, 2.05) is 19.9 Å². The van der Waals surface area contributed by atoms with Gasteiger partial charge in [0.05, 0.1) is 19.3 Å². The summed E-state index contributed by atoms with van der Waals surface area (Å²) in [6, 6.07) is 0. The van der Waals surface area contributed by atoms with Crippen molar-refractivity contribution >= 4 is 0 Å². The molecule has 1 aliphatic heterocycles. The Morgan fingerprint density at radius 3 is 1.82 bits per heavy atom. The Bertz CT molecular complexity index is 712. The molecular formula is C39H75NO5. The standard InChI is InChI=1S/C39H75NO5/c1-5-7-9-11-15-19-24-35(25-20-16-12-10-8-6-2)44-39-36(38(39)45-39)26-23-30-40(31-32-41)29-22-18-14-13-17-21-27-37(42)43-33-28-34(3)4/h28,35-38,41-42H,5-27,29-33H2,1-4H3. The lowest BCUT2D eigenvalue weighted by atomic mass is 10.0. The number of nitrogens with zero attached hydrogens (tertiary/aromatic N) is 1. The molecular weight excluding hydrogens is 562 g/mol. The van der Waals surface area contributed by atoms with Crippen molar-refractivity contribution in [3.63, 3.8) is 0 Å². The minimum Gasteiger partial charge on any atom is -0.395 e. The third kappa shape index (κ3) is 18.6. The summed E-state index contributed by atoms with van der Waals surface area (Å²) in [5, 5.41) is 19.5. The van der Waals surface area contributed by atoms with Crippen molar-refractivity contribution in [2.45, 2.75) is 200 Å². The average Bonchev–Trinajstić information content (AvgIpc) is 3.89. The van der Waals surface area contributed by atoms with Crippen molar-refractivity contribution in [2.24, 2.45) is 5.92 Å². The predicted octanol–water partition coefficient (Wildman–Crippen LogP) is 9.70. The molecule has 0 spiro atoms. The lowest BCUT2D eigenvalue weighted by Gasteiger charge is -2.23. The van der Waals surface area contributed by atoms with Gasteiger partial charge >= 0.3 is 0 Å². The van der Waals surface area contributed by atoms with Crippen LogP contribution in [0, 0.1) is 5.92 Å². The third-order valence-corrected chi connectivity index (χ3v) is 9.90. The molecule has 0 aromatic heterocycles. The number of aliphatic hydroxyl groups excluding tert-OH is 2. The fraction of sp³-hybridized carbons (Fsp3) is 0.949. The van der Waals surface area contributed by atoms with Gasteiger partial charge in [-0.2, -0.15) is 0 Å². The highest BCUT2D eigenvalue weighted by atomic mass is 16.8. The van der Waals surface area contributed by atoms with Crippen molar-refractivity contribution in [1.29, 1.82) is 0 Å². The molecule has 4 unspecified atom stereocenters. The normalized spacial score (nSPS) is 21.0. The fourth-order valence-corrected chi connectivity index (χ4v) is 6.78. The number of ether oxygens (including phenoxy) is 3. The van der Waals surface area contributed by atoms with Gasteiger partial charge in [-0.15, -0.1) is 0 Å². The van der Waals surface area contributed by atoms with Crippen molar-refractivity contribution in [2.75, 3.05) is 32.8 Å². The highest BCUT2D eigenvalue weighted by molar-refractivity contribution is 5.22. The average molecular weight is 638 g/mol. The second-order valence-electron chi connectivity index (χ2n) is 14.4. The summed E-state index contributed by atoms with van der Waals surface area (Å²) in [6.07, 6.45) is 30.7. The van der Waals surface area contributed by atoms with Gasteiger partial charge in [0.15, 0.2) is 6.29 Å². The minimum atomic E-state index is -0.640. The van der Waals surface area contributed by atoms with E-state index in [-0.39, 0.29) is 12.4 Å². The lowest BCUT2D eigenvalue weighted by Crippen LogP contribution is -2.29. The van der Waals surface area contributed by atoms with Gasteiger partial charge in [-0.25, -0.2) is 0 Å². The van der Waals surface area contributed by atoms with E-state index in [0.29, 0.717) is 24.7 Å². The number of unbranched alkanes of at least 4 members (excludes halogenated alkanes) is 15. The van der Waals surface area contributed by atoms with Crippen LogP contribution in [0.4, 0.5) is 0 Å². The van der Waals surface area contributed by atoms with Crippen molar-refractivity contribution in [3.8, 4) is 0 Å². The zero-order valence-electron chi connectivity index (χ0n) is 30.3. The van der Waals surface area contributed by atoms with Gasteiger partial charge in [0, 0.05) is 12.5 Å². The smallest absolute Gasteiger partial charge is 0.201 e. The molecule has 2 N–H and O–H groups in total. The van der Waals surface area contributed by atoms with Crippen LogP contribution >= 0.6 is 0 Å². The fourth-order valence-electron chi connectivity index (χ4n) is 6.78. The molecule has 2 rings (SSSR count). The second-order valence-corrected chi connectivity index (χ2v) is 14.4. The number of hydrogen-bond donors (Lipinski definition) is 2. The van der Waals surface area contributed by atoms with E-state index in [0.717, 1.165) is 45.3 Å². The monoisotopic (exact) mass is 638 g/mol. The Kier molecular flexibility index (Phi) is 23.1. The minimum absolute atomic E-state index is 0.231. The van der Waals surface area contributed by atoms with E-state index in [1.54, 1.807) is 0 Å². The number of allylic oxidation sites excluding steroid dienone is 1. The first-order valence-corrected chi connectivity index (χ1v) is 19.6. The van der Waals surface area contributed by atoms with Crippen LogP contribution in [0.1, 0.15) is 175 Å². The molecule has 1 aliphatic carbocycles. The topological polar surface area (TPSA) is 74.7 Å². The summed E-state index contributed by atoms with van der Waals surface area (Å²) in [6.45, 7) is 12.3. The molecule has 2 aliphatic rings. The molecule has 0 aromatic carbocycles. The van der Waals surface area contributed by atoms with Gasteiger partial charge in [0.1, 0.15) is 6.10 Å². The van der Waals surface area contributed by atoms with Crippen LogP contribution in [0.2, 0.25) is 0 Å². The van der Waals surface area contributed by atoms with E-state index < -0.39 is 6.29 Å². The van der Waals surface area contributed by atoms with Gasteiger partial charge in [-0.1, -0.05) is 128 Å². The molecule has 266 valence electrons. The van der Waals surface area contributed by atoms with Crippen LogP contribution in [-0.4, -0.2) is 72.2 Å². The van der Waals surface area contributed by atoms with Gasteiger partial charge in [0.2, 0.25) is 5.79 Å². The van der Waals surface area contributed by atoms with Crippen molar-refractivity contribution < 1.29 is 24.4 Å². The van der Waals surface area contributed by atoms with Gasteiger partial charge < -0.3 is 29.3 Å². The number of hydrogen-bond acceptors (Lipinski definition) is 6. The highest BCUT2D eigenvalue weighted by Crippen LogP contribution is 2.68. The Morgan fingerprint density at radius 1 is 0.733 bits per heavy atom.